The van der Waals surface area contributed by atoms with Crippen LogP contribution in [0.5, 0.6) is 0 Å². The Kier molecular flexibility index (Phi) is 7.86. The summed E-state index contributed by atoms with van der Waals surface area (Å²) in [6, 6.07) is 0. The second-order valence-corrected chi connectivity index (χ2v) is 3.21. The molecular weight excluding hydrogens is 171 g/mol. The summed E-state index contributed by atoms with van der Waals surface area (Å²) >= 11 is 3.85. The van der Waals surface area contributed by atoms with Gasteiger partial charge < -0.3 is 8.74 Å². The van der Waals surface area contributed by atoms with Crippen LogP contribution in [0.15, 0.2) is 12.3 Å². The summed E-state index contributed by atoms with van der Waals surface area (Å²) in [5.74, 6) is 0. The Morgan fingerprint density at radius 1 is 1.78 bits per heavy atom. The molecule has 48 valence electrons. The molecule has 0 aromatic carbocycles. The van der Waals surface area contributed by atoms with Crippen LogP contribution in [-0.2, 0) is 24.4 Å². The standard InChI is InChI=1S/C3H6O3S2.Na/c1-2-3-6-8(4,5)7;/h2-3H,1H3,(H,4,5,7);/q;+1/p-1/b3-2-;. The Morgan fingerprint density at radius 2 is 2.22 bits per heavy atom. The van der Waals surface area contributed by atoms with Crippen molar-refractivity contribution in [2.45, 2.75) is 6.92 Å². The average Bonchev–Trinajstić information content (AvgIpc) is 1.59. The molecule has 0 heterocycles. The second kappa shape index (κ2) is 5.64. The topological polar surface area (TPSA) is 49.4 Å². The SMILES string of the molecule is C/C=C\OS(=O)([O-])=S.[Na+]. The number of hydrogen-bond donors (Lipinski definition) is 0. The van der Waals surface area contributed by atoms with Crippen molar-refractivity contribution in [1.82, 2.24) is 0 Å². The van der Waals surface area contributed by atoms with Crippen LogP contribution in [-0.4, -0.2) is 8.76 Å². The molecule has 0 radical (unpaired) electrons. The summed E-state index contributed by atoms with van der Waals surface area (Å²) in [6.07, 6.45) is 2.45. The summed E-state index contributed by atoms with van der Waals surface area (Å²) in [6.45, 7) is 1.63. The number of allylic oxidation sites excluding steroid dienone is 1. The van der Waals surface area contributed by atoms with Crippen molar-refractivity contribution in [3.8, 4) is 0 Å². The molecule has 0 saturated carbocycles. The Morgan fingerprint density at radius 3 is 2.33 bits per heavy atom. The van der Waals surface area contributed by atoms with Gasteiger partial charge in [0.1, 0.15) is 9.05 Å². The summed E-state index contributed by atoms with van der Waals surface area (Å²) in [4.78, 5) is 0. The van der Waals surface area contributed by atoms with Gasteiger partial charge in [0, 0.05) is 11.2 Å². The van der Waals surface area contributed by atoms with Gasteiger partial charge in [-0.25, -0.2) is 4.21 Å². The summed E-state index contributed by atoms with van der Waals surface area (Å²) in [5.41, 5.74) is 0. The van der Waals surface area contributed by atoms with E-state index in [0.29, 0.717) is 0 Å². The molecule has 3 nitrogen and oxygen atoms in total. The summed E-state index contributed by atoms with van der Waals surface area (Å²) in [7, 11) is -3.69. The van der Waals surface area contributed by atoms with E-state index in [9.17, 15) is 8.76 Å². The van der Waals surface area contributed by atoms with E-state index in [-0.39, 0.29) is 29.6 Å². The van der Waals surface area contributed by atoms with E-state index >= 15 is 0 Å². The Bertz CT molecular complexity index is 171. The molecule has 0 saturated heterocycles. The first-order valence-electron chi connectivity index (χ1n) is 1.81. The Hall–Kier alpha value is 0.870. The monoisotopic (exact) mass is 176 g/mol. The number of rotatable bonds is 2. The third-order valence-electron chi connectivity index (χ3n) is 0.309. The van der Waals surface area contributed by atoms with E-state index in [4.69, 9.17) is 0 Å². The molecule has 0 aromatic heterocycles. The maximum Gasteiger partial charge on any atom is 1.00 e. The van der Waals surface area contributed by atoms with Crippen molar-refractivity contribution in [1.29, 1.82) is 0 Å². The molecule has 0 spiro atoms. The van der Waals surface area contributed by atoms with Gasteiger partial charge in [0.15, 0.2) is 0 Å². The van der Waals surface area contributed by atoms with E-state index in [1.807, 2.05) is 0 Å². The van der Waals surface area contributed by atoms with E-state index < -0.39 is 9.05 Å². The first-order valence-corrected chi connectivity index (χ1v) is 4.15. The summed E-state index contributed by atoms with van der Waals surface area (Å²) < 4.78 is 23.8. The van der Waals surface area contributed by atoms with Gasteiger partial charge in [-0.2, -0.15) is 0 Å². The van der Waals surface area contributed by atoms with Gasteiger partial charge in [-0.05, 0) is 6.92 Å². The molecule has 0 aliphatic carbocycles. The van der Waals surface area contributed by atoms with Crippen LogP contribution in [0.4, 0.5) is 0 Å². The molecule has 0 aliphatic rings. The van der Waals surface area contributed by atoms with Crippen LogP contribution in [0.1, 0.15) is 6.92 Å². The fraction of sp³-hybridized carbons (Fsp3) is 0.333. The fourth-order valence-corrected chi connectivity index (χ4v) is 0.507. The molecular formula is C3H5NaO3S2. The largest absolute Gasteiger partial charge is 1.00 e. The molecule has 0 aliphatic heterocycles. The number of hydrogen-bond acceptors (Lipinski definition) is 4. The first-order chi connectivity index (χ1) is 3.56. The van der Waals surface area contributed by atoms with Gasteiger partial charge in [-0.15, -0.1) is 0 Å². The van der Waals surface area contributed by atoms with Crippen molar-refractivity contribution < 1.29 is 42.5 Å². The maximum atomic E-state index is 9.93. The van der Waals surface area contributed by atoms with Crippen LogP contribution >= 0.6 is 0 Å². The minimum atomic E-state index is -3.69. The van der Waals surface area contributed by atoms with Crippen LogP contribution in [0.3, 0.4) is 0 Å². The fourth-order valence-electron chi connectivity index (χ4n) is 0.124. The molecule has 0 aromatic rings. The smallest absolute Gasteiger partial charge is 0.739 e. The molecule has 0 amide bonds. The van der Waals surface area contributed by atoms with E-state index in [1.54, 1.807) is 6.92 Å². The molecule has 0 rings (SSSR count). The van der Waals surface area contributed by atoms with Gasteiger partial charge in [-0.1, -0.05) is 6.08 Å². The zero-order valence-electron chi connectivity index (χ0n) is 5.20. The molecule has 1 atom stereocenters. The van der Waals surface area contributed by atoms with Crippen LogP contribution < -0.4 is 29.6 Å². The van der Waals surface area contributed by atoms with Gasteiger partial charge in [0.25, 0.3) is 0 Å². The van der Waals surface area contributed by atoms with Crippen molar-refractivity contribution in [3.05, 3.63) is 12.3 Å². The Balaban J connectivity index is 0. The van der Waals surface area contributed by atoms with Gasteiger partial charge >= 0.3 is 29.6 Å². The predicted molar refractivity (Wildman–Crippen MR) is 32.2 cm³/mol. The van der Waals surface area contributed by atoms with Gasteiger partial charge in [-0.3, -0.25) is 0 Å². The average molecular weight is 176 g/mol. The van der Waals surface area contributed by atoms with Crippen molar-refractivity contribution in [2.75, 3.05) is 0 Å². The van der Waals surface area contributed by atoms with Gasteiger partial charge in [0.05, 0.1) is 6.26 Å². The Labute approximate surface area is 81.5 Å². The van der Waals surface area contributed by atoms with E-state index in [2.05, 4.69) is 15.4 Å². The first kappa shape index (κ1) is 12.5. The third kappa shape index (κ3) is 12.1. The minimum Gasteiger partial charge on any atom is -0.739 e. The van der Waals surface area contributed by atoms with E-state index in [1.165, 1.54) is 6.08 Å². The molecule has 6 heteroatoms. The molecule has 9 heavy (non-hydrogen) atoms. The second-order valence-electron chi connectivity index (χ2n) is 0.974. The minimum absolute atomic E-state index is 0. The van der Waals surface area contributed by atoms with Crippen LogP contribution in [0, 0.1) is 0 Å². The third-order valence-corrected chi connectivity index (χ3v) is 0.892. The van der Waals surface area contributed by atoms with Crippen molar-refractivity contribution in [2.24, 2.45) is 0 Å². The maximum absolute atomic E-state index is 9.93. The van der Waals surface area contributed by atoms with Crippen molar-refractivity contribution in [3.63, 3.8) is 0 Å². The predicted octanol–water partition coefficient (Wildman–Crippen LogP) is -2.67. The zero-order valence-corrected chi connectivity index (χ0v) is 8.83. The van der Waals surface area contributed by atoms with Crippen molar-refractivity contribution >= 4 is 20.2 Å². The normalized spacial score (nSPS) is 16.2. The quantitative estimate of drug-likeness (QED) is 0.340. The molecule has 1 unspecified atom stereocenters. The van der Waals surface area contributed by atoms with Crippen LogP contribution in [0.2, 0.25) is 0 Å². The molecule has 0 fully saturated rings. The van der Waals surface area contributed by atoms with E-state index in [0.717, 1.165) is 6.26 Å². The zero-order chi connectivity index (χ0) is 6.62. The summed E-state index contributed by atoms with van der Waals surface area (Å²) in [5, 5.41) is 0. The van der Waals surface area contributed by atoms with Gasteiger partial charge in [0.2, 0.25) is 0 Å². The molecule has 0 N–H and O–H groups in total. The molecule has 0 bridgehead atoms. The van der Waals surface area contributed by atoms with Crippen LogP contribution in [0.25, 0.3) is 0 Å².